The molecule has 0 spiro atoms. The molecule has 0 unspecified atom stereocenters. The minimum absolute atomic E-state index is 0.0149. The maximum Gasteiger partial charge on any atom is 0.159 e. The van der Waals surface area contributed by atoms with E-state index in [1.165, 1.54) is 5.56 Å². The second kappa shape index (κ2) is 6.74. The first kappa shape index (κ1) is 15.4. The minimum Gasteiger partial charge on any atom is -0.212 e. The number of fused-ring (bicyclic) bond motifs is 1. The Bertz CT molecular complexity index is 845. The zero-order valence-corrected chi connectivity index (χ0v) is 13.0. The standard InChI is InChI=1S/C21H18F2/c1-2-5-15-8-10-16(11-9-15)17-12-13-20(21(23)14-22)19-7-4-3-6-18(17)19/h3-4,6-14H,2,5H2,1H3/b21-14+. The monoisotopic (exact) mass is 308 g/mol. The average molecular weight is 308 g/mol. The molecule has 3 rings (SSSR count). The molecule has 0 aliphatic carbocycles. The molecule has 2 heteroatoms. The van der Waals surface area contributed by atoms with Gasteiger partial charge in [0.2, 0.25) is 0 Å². The predicted molar refractivity (Wildman–Crippen MR) is 93.6 cm³/mol. The molecule has 23 heavy (non-hydrogen) atoms. The summed E-state index contributed by atoms with van der Waals surface area (Å²) in [6.07, 6.45) is 2.19. The lowest BCUT2D eigenvalue weighted by Crippen LogP contribution is -1.88. The van der Waals surface area contributed by atoms with Gasteiger partial charge >= 0.3 is 0 Å². The van der Waals surface area contributed by atoms with Gasteiger partial charge in [0.05, 0.1) is 0 Å². The van der Waals surface area contributed by atoms with Gasteiger partial charge in [-0.2, -0.15) is 0 Å². The van der Waals surface area contributed by atoms with Crippen LogP contribution in [0.15, 0.2) is 67.0 Å². The van der Waals surface area contributed by atoms with Crippen LogP contribution in [0.2, 0.25) is 0 Å². The zero-order valence-electron chi connectivity index (χ0n) is 13.0. The van der Waals surface area contributed by atoms with Crippen LogP contribution in [-0.2, 0) is 6.42 Å². The van der Waals surface area contributed by atoms with Crippen molar-refractivity contribution in [3.63, 3.8) is 0 Å². The van der Waals surface area contributed by atoms with E-state index in [9.17, 15) is 8.78 Å². The number of rotatable bonds is 4. The molecule has 0 radical (unpaired) electrons. The van der Waals surface area contributed by atoms with Gasteiger partial charge in [0, 0.05) is 5.56 Å². The lowest BCUT2D eigenvalue weighted by molar-refractivity contribution is 0.672. The van der Waals surface area contributed by atoms with Crippen LogP contribution in [-0.4, -0.2) is 0 Å². The third-order valence-electron chi connectivity index (χ3n) is 4.08. The molecule has 0 saturated heterocycles. The van der Waals surface area contributed by atoms with Crippen molar-refractivity contribution >= 4 is 16.6 Å². The molecule has 0 nitrogen and oxygen atoms in total. The normalized spacial score (nSPS) is 11.9. The van der Waals surface area contributed by atoms with Crippen LogP contribution < -0.4 is 0 Å². The van der Waals surface area contributed by atoms with Gasteiger partial charge in [0.15, 0.2) is 5.83 Å². The molecule has 0 fully saturated rings. The topological polar surface area (TPSA) is 0 Å². The summed E-state index contributed by atoms with van der Waals surface area (Å²) in [7, 11) is 0. The Morgan fingerprint density at radius 3 is 2.26 bits per heavy atom. The SMILES string of the molecule is CCCc1ccc(-c2ccc(/C(F)=C\F)c3ccccc23)cc1. The van der Waals surface area contributed by atoms with Crippen LogP contribution >= 0.6 is 0 Å². The van der Waals surface area contributed by atoms with Crippen molar-refractivity contribution < 1.29 is 8.78 Å². The summed E-state index contributed by atoms with van der Waals surface area (Å²) in [6.45, 7) is 2.16. The third kappa shape index (κ3) is 3.02. The molecular weight excluding hydrogens is 290 g/mol. The Morgan fingerprint density at radius 1 is 0.913 bits per heavy atom. The second-order valence-electron chi connectivity index (χ2n) is 5.61. The predicted octanol–water partition coefficient (Wildman–Crippen LogP) is 6.70. The van der Waals surface area contributed by atoms with E-state index >= 15 is 0 Å². The lowest BCUT2D eigenvalue weighted by atomic mass is 9.94. The molecule has 0 saturated carbocycles. The van der Waals surface area contributed by atoms with Gasteiger partial charge in [0.25, 0.3) is 0 Å². The molecule has 0 aliphatic heterocycles. The van der Waals surface area contributed by atoms with E-state index < -0.39 is 5.83 Å². The van der Waals surface area contributed by atoms with Crippen LogP contribution in [0.5, 0.6) is 0 Å². The highest BCUT2D eigenvalue weighted by Crippen LogP contribution is 2.34. The summed E-state index contributed by atoms with van der Waals surface area (Å²) in [4.78, 5) is 0. The van der Waals surface area contributed by atoms with E-state index in [1.54, 1.807) is 6.07 Å². The first-order chi connectivity index (χ1) is 11.2. The number of benzene rings is 3. The van der Waals surface area contributed by atoms with E-state index in [4.69, 9.17) is 0 Å². The molecule has 0 bridgehead atoms. The van der Waals surface area contributed by atoms with Gasteiger partial charge in [-0.1, -0.05) is 74.0 Å². The van der Waals surface area contributed by atoms with Crippen LogP contribution in [0.4, 0.5) is 8.78 Å². The van der Waals surface area contributed by atoms with Gasteiger partial charge in [-0.3, -0.25) is 0 Å². The molecule has 0 atom stereocenters. The summed E-state index contributed by atoms with van der Waals surface area (Å²) >= 11 is 0. The van der Waals surface area contributed by atoms with Crippen molar-refractivity contribution in [3.05, 3.63) is 78.1 Å². The average Bonchev–Trinajstić information content (AvgIpc) is 2.61. The maximum absolute atomic E-state index is 13.8. The molecule has 3 aromatic carbocycles. The second-order valence-corrected chi connectivity index (χ2v) is 5.61. The van der Waals surface area contributed by atoms with E-state index in [2.05, 4.69) is 31.2 Å². The van der Waals surface area contributed by atoms with Gasteiger partial charge in [0.1, 0.15) is 6.33 Å². The molecule has 0 amide bonds. The number of hydrogen-bond acceptors (Lipinski definition) is 0. The van der Waals surface area contributed by atoms with Gasteiger partial charge in [-0.25, -0.2) is 8.78 Å². The summed E-state index contributed by atoms with van der Waals surface area (Å²) in [5, 5.41) is 1.64. The van der Waals surface area contributed by atoms with Crippen molar-refractivity contribution in [2.45, 2.75) is 19.8 Å². The van der Waals surface area contributed by atoms with E-state index in [1.807, 2.05) is 30.3 Å². The summed E-state index contributed by atoms with van der Waals surface area (Å²) in [5.74, 6) is -0.842. The smallest absolute Gasteiger partial charge is 0.159 e. The van der Waals surface area contributed by atoms with Crippen molar-refractivity contribution in [2.75, 3.05) is 0 Å². The van der Waals surface area contributed by atoms with Crippen molar-refractivity contribution in [1.82, 2.24) is 0 Å². The van der Waals surface area contributed by atoms with Gasteiger partial charge in [-0.05, 0) is 33.9 Å². The Kier molecular flexibility index (Phi) is 4.52. The quantitative estimate of drug-likeness (QED) is 0.503. The molecule has 3 aromatic rings. The van der Waals surface area contributed by atoms with Crippen molar-refractivity contribution in [2.24, 2.45) is 0 Å². The van der Waals surface area contributed by atoms with E-state index in [-0.39, 0.29) is 11.9 Å². The summed E-state index contributed by atoms with van der Waals surface area (Å²) < 4.78 is 26.4. The summed E-state index contributed by atoms with van der Waals surface area (Å²) in [6, 6.07) is 19.5. The molecule has 116 valence electrons. The minimum atomic E-state index is -0.842. The van der Waals surface area contributed by atoms with Crippen LogP contribution in [0, 0.1) is 0 Å². The van der Waals surface area contributed by atoms with Gasteiger partial charge < -0.3 is 0 Å². The van der Waals surface area contributed by atoms with Gasteiger partial charge in [-0.15, -0.1) is 0 Å². The molecule has 0 heterocycles. The maximum atomic E-state index is 13.8. The number of aryl methyl sites for hydroxylation is 1. The number of hydrogen-bond donors (Lipinski definition) is 0. The Hall–Kier alpha value is -2.48. The van der Waals surface area contributed by atoms with E-state index in [0.717, 1.165) is 29.4 Å². The summed E-state index contributed by atoms with van der Waals surface area (Å²) in [5.41, 5.74) is 3.70. The van der Waals surface area contributed by atoms with E-state index in [0.29, 0.717) is 5.39 Å². The van der Waals surface area contributed by atoms with Crippen LogP contribution in [0.25, 0.3) is 27.7 Å². The van der Waals surface area contributed by atoms with Crippen molar-refractivity contribution in [1.29, 1.82) is 0 Å². The largest absolute Gasteiger partial charge is 0.212 e. The molecular formula is C21H18F2. The van der Waals surface area contributed by atoms with Crippen LogP contribution in [0.1, 0.15) is 24.5 Å². The van der Waals surface area contributed by atoms with Crippen LogP contribution in [0.3, 0.4) is 0 Å². The highest BCUT2D eigenvalue weighted by molar-refractivity contribution is 6.01. The zero-order chi connectivity index (χ0) is 16.2. The molecule has 0 aromatic heterocycles. The molecule has 0 N–H and O–H groups in total. The Morgan fingerprint density at radius 2 is 1.61 bits per heavy atom. The third-order valence-corrected chi connectivity index (χ3v) is 4.08. The first-order valence-corrected chi connectivity index (χ1v) is 7.82. The highest BCUT2D eigenvalue weighted by Gasteiger charge is 2.10. The fourth-order valence-electron chi connectivity index (χ4n) is 2.96. The Balaban J connectivity index is 2.15. The fourth-order valence-corrected chi connectivity index (χ4v) is 2.96. The highest BCUT2D eigenvalue weighted by atomic mass is 19.2. The van der Waals surface area contributed by atoms with Crippen molar-refractivity contribution in [3.8, 4) is 11.1 Å². The molecule has 0 aliphatic rings. The Labute approximate surface area is 135 Å². The lowest BCUT2D eigenvalue weighted by Gasteiger charge is -2.11. The number of halogens is 2. The fraction of sp³-hybridized carbons (Fsp3) is 0.143. The first-order valence-electron chi connectivity index (χ1n) is 7.82.